The standard InChI is InChI=1S/C24H25O2S2.C22H34O4.2C18H15S.C16H26.C2H4O2/c25-28(26,23-14-8-3-9-15-23)24-18-16-22(17-19-24)27(20-10-4-1-5-11-20)21-12-6-2-7-13-21;1-14-12-15-13-18(14)20(22(24)26-17-10-6-3-7-11-17)19(15)21(23)25-16-8-4-2-5-9-16;2*1-4-10-16(11-5-1)19(17-12-6-2-7-13-17)18-14-8-3-9-15-18;1-10(2)14-8-15(11(3)4)13(7)16(9-14)12(5)6;1-2(3)4/h1-2,4-7,10-13,16-19,23H,3,8-9,14-15H2;14-20H,2-13H2,1H3;2*1-15H;8-12H,1-7H3;1H3,(H,3,4)/q+1;;2*+1;;/p-1. The summed E-state index contributed by atoms with van der Waals surface area (Å²) < 4.78 is 37.8. The van der Waals surface area contributed by atoms with Gasteiger partial charge in [-0.25, -0.2) is 8.42 Å². The molecule has 5 aliphatic rings. The van der Waals surface area contributed by atoms with Gasteiger partial charge in [0.15, 0.2) is 53.9 Å². The van der Waals surface area contributed by atoms with Gasteiger partial charge in [-0.2, -0.15) is 0 Å². The van der Waals surface area contributed by atoms with Crippen molar-refractivity contribution in [2.45, 2.75) is 256 Å². The third kappa shape index (κ3) is 24.3. The van der Waals surface area contributed by atoms with Gasteiger partial charge in [0.05, 0.1) is 54.7 Å². The zero-order valence-electron chi connectivity index (χ0n) is 67.3. The van der Waals surface area contributed by atoms with Gasteiger partial charge < -0.3 is 19.4 Å². The van der Waals surface area contributed by atoms with Crippen LogP contribution in [0.25, 0.3) is 0 Å². The van der Waals surface area contributed by atoms with E-state index in [4.69, 9.17) is 19.4 Å². The maximum Gasteiger partial charge on any atom is 0.310 e. The highest BCUT2D eigenvalue weighted by Gasteiger charge is 2.58. The van der Waals surface area contributed by atoms with Crippen LogP contribution >= 0.6 is 0 Å². The predicted octanol–water partition coefficient (Wildman–Crippen LogP) is 24.2. The minimum absolute atomic E-state index is 0.0146. The molecule has 0 N–H and O–H groups in total. The van der Waals surface area contributed by atoms with Gasteiger partial charge in [-0.3, -0.25) is 9.59 Å². The number of carboxylic acid groups (broad SMARTS) is 1. The van der Waals surface area contributed by atoms with E-state index in [1.807, 2.05) is 36.4 Å². The lowest BCUT2D eigenvalue weighted by Crippen LogP contribution is -2.41. The fourth-order valence-corrected chi connectivity index (χ4v) is 24.7. The van der Waals surface area contributed by atoms with Crippen molar-refractivity contribution in [2.75, 3.05) is 0 Å². The molecule has 588 valence electrons. The van der Waals surface area contributed by atoms with E-state index < -0.39 is 15.8 Å². The summed E-state index contributed by atoms with van der Waals surface area (Å²) in [6, 6.07) is 97.6. The number of ether oxygens (including phenoxy) is 2. The van der Waals surface area contributed by atoms with Gasteiger partial charge in [0.2, 0.25) is 0 Å². The van der Waals surface area contributed by atoms with Crippen LogP contribution in [0.4, 0.5) is 0 Å². The average Bonchev–Trinajstić information content (AvgIpc) is 1.59. The summed E-state index contributed by atoms with van der Waals surface area (Å²) in [7, 11) is -3.51. The molecule has 0 saturated heterocycles. The minimum Gasteiger partial charge on any atom is -0.550 e. The van der Waals surface area contributed by atoms with E-state index in [1.165, 1.54) is 74.3 Å². The Bertz CT molecular complexity index is 4150. The normalized spacial score (nSPS) is 18.3. The van der Waals surface area contributed by atoms with E-state index in [-0.39, 0.29) is 73.9 Å². The van der Waals surface area contributed by atoms with Crippen molar-refractivity contribution in [1.29, 1.82) is 0 Å². The molecule has 5 fully saturated rings. The largest absolute Gasteiger partial charge is 0.550 e. The molecule has 0 aliphatic heterocycles. The smallest absolute Gasteiger partial charge is 0.310 e. The highest BCUT2D eigenvalue weighted by atomic mass is 32.2. The zero-order chi connectivity index (χ0) is 79.4. The van der Waals surface area contributed by atoms with E-state index in [0.29, 0.717) is 40.4 Å². The van der Waals surface area contributed by atoms with Crippen LogP contribution < -0.4 is 5.11 Å². The Morgan fingerprint density at radius 2 is 0.643 bits per heavy atom. The second-order valence-corrected chi connectivity index (χ2v) is 39.6. The lowest BCUT2D eigenvalue weighted by molar-refractivity contribution is -0.302. The number of hydrogen-bond donors (Lipinski definition) is 0. The second kappa shape index (κ2) is 43.8. The summed E-state index contributed by atoms with van der Waals surface area (Å²) in [5.74, 6) is 1.18. The highest BCUT2D eigenvalue weighted by Crippen LogP contribution is 2.56. The monoisotopic (exact) mass is 1570 g/mol. The number of benzene rings is 10. The second-order valence-electron chi connectivity index (χ2n) is 31.3. The average molecular weight is 1580 g/mol. The number of rotatable bonds is 18. The molecule has 8 nitrogen and oxygen atoms in total. The van der Waals surface area contributed by atoms with Crippen molar-refractivity contribution in [3.8, 4) is 0 Å². The molecular formula is C100H118O8S4+2. The molecular weight excluding hydrogens is 1460 g/mol. The molecule has 5 unspecified atom stereocenters. The van der Waals surface area contributed by atoms with Crippen molar-refractivity contribution in [2.24, 2.45) is 29.6 Å². The third-order valence-electron chi connectivity index (χ3n) is 22.2. The molecule has 12 heteroatoms. The molecule has 0 heterocycles. The summed E-state index contributed by atoms with van der Waals surface area (Å²) in [5.41, 5.74) is 6.03. The lowest BCUT2D eigenvalue weighted by atomic mass is 9.74. The predicted molar refractivity (Wildman–Crippen MR) is 461 cm³/mol. The Morgan fingerprint density at radius 3 is 0.920 bits per heavy atom. The molecule has 0 radical (unpaired) electrons. The summed E-state index contributed by atoms with van der Waals surface area (Å²) in [6.07, 6.45) is 18.0. The van der Waals surface area contributed by atoms with Crippen molar-refractivity contribution < 1.29 is 37.4 Å². The Labute approximate surface area is 679 Å². The lowest BCUT2D eigenvalue weighted by Gasteiger charge is -2.34. The highest BCUT2D eigenvalue weighted by molar-refractivity contribution is 7.97. The first kappa shape index (κ1) is 86.0. The molecule has 10 aromatic rings. The van der Waals surface area contributed by atoms with Crippen LogP contribution in [-0.4, -0.2) is 43.8 Å². The van der Waals surface area contributed by atoms with Crippen molar-refractivity contribution >= 4 is 60.4 Å². The fraction of sp³-hybridized carbons (Fsp3) is 0.370. The maximum absolute atomic E-state index is 13.0. The van der Waals surface area contributed by atoms with Gasteiger partial charge in [-0.1, -0.05) is 238 Å². The number of fused-ring (bicyclic) bond motifs is 2. The first-order valence-electron chi connectivity index (χ1n) is 41.0. The summed E-state index contributed by atoms with van der Waals surface area (Å²) in [6.45, 7) is 19.2. The molecule has 0 aromatic heterocycles. The van der Waals surface area contributed by atoms with Gasteiger partial charge >= 0.3 is 11.9 Å². The molecule has 0 spiro atoms. The quantitative estimate of drug-likeness (QED) is 0.0614. The Hall–Kier alpha value is -8.39. The molecule has 10 aromatic carbocycles. The molecule has 15 rings (SSSR count). The number of carboxylic acids is 1. The van der Waals surface area contributed by atoms with Crippen LogP contribution in [0.5, 0.6) is 0 Å². The van der Waals surface area contributed by atoms with E-state index >= 15 is 0 Å². The maximum atomic E-state index is 13.0. The molecule has 2 bridgehead atoms. The van der Waals surface area contributed by atoms with E-state index in [2.05, 4.69) is 298 Å². The summed E-state index contributed by atoms with van der Waals surface area (Å²) >= 11 is 0. The van der Waals surface area contributed by atoms with Crippen LogP contribution in [0.2, 0.25) is 0 Å². The summed E-state index contributed by atoms with van der Waals surface area (Å²) in [5, 5.41) is 8.67. The number of hydrogen-bond acceptors (Lipinski definition) is 8. The van der Waals surface area contributed by atoms with Crippen LogP contribution in [-0.2, 0) is 66.4 Å². The summed E-state index contributed by atoms with van der Waals surface area (Å²) in [4.78, 5) is 47.1. The topological polar surface area (TPSA) is 127 Å². The van der Waals surface area contributed by atoms with Gasteiger partial charge in [-0.15, -0.1) is 0 Å². The Kier molecular flexibility index (Phi) is 33.6. The number of esters is 2. The van der Waals surface area contributed by atoms with Gasteiger partial charge in [0, 0.05) is 5.97 Å². The van der Waals surface area contributed by atoms with Crippen LogP contribution in [0.1, 0.15) is 205 Å². The van der Waals surface area contributed by atoms with E-state index in [9.17, 15) is 18.0 Å². The van der Waals surface area contributed by atoms with E-state index in [1.54, 1.807) is 0 Å². The third-order valence-corrected chi connectivity index (χ3v) is 31.2. The van der Waals surface area contributed by atoms with Crippen LogP contribution in [0.3, 0.4) is 0 Å². The number of carbonyl (C=O) groups excluding carboxylic acids is 3. The first-order chi connectivity index (χ1) is 54.3. The molecule has 5 saturated carbocycles. The molecule has 5 atom stereocenters. The van der Waals surface area contributed by atoms with Gasteiger partial charge in [0.1, 0.15) is 12.2 Å². The first-order valence-corrected chi connectivity index (χ1v) is 46.2. The minimum atomic E-state index is -3.23. The van der Waals surface area contributed by atoms with E-state index in [0.717, 1.165) is 108 Å². The SMILES string of the molecule is CC(=O)[O-].CC1CC2CC1C(C(=O)OC1CCCCC1)C2C(=O)OC1CCCCC1.Cc1c(C(C)C)cc(C(C)C)cc1C(C)C.O=S(=O)(c1ccc([S+](c2ccccc2)c2ccccc2)cc1)C1CCCCC1.c1ccc([S+](c2ccccc2)c2ccccc2)cc1.c1ccc([S+](c2ccccc2)c2ccccc2)cc1. The number of carbonyl (C=O) groups is 3. The van der Waals surface area contributed by atoms with Gasteiger partial charge in [0.25, 0.3) is 0 Å². The van der Waals surface area contributed by atoms with Crippen molar-refractivity contribution in [3.63, 3.8) is 0 Å². The molecule has 0 amide bonds. The molecule has 5 aliphatic carbocycles. The van der Waals surface area contributed by atoms with Crippen LogP contribution in [0, 0.1) is 36.5 Å². The van der Waals surface area contributed by atoms with Crippen molar-refractivity contribution in [1.82, 2.24) is 0 Å². The number of sulfone groups is 1. The van der Waals surface area contributed by atoms with Crippen LogP contribution in [0.15, 0.2) is 328 Å². The Morgan fingerprint density at radius 1 is 0.375 bits per heavy atom. The number of aliphatic carboxylic acids is 1. The molecule has 112 heavy (non-hydrogen) atoms. The Balaban J connectivity index is 0.000000149. The van der Waals surface area contributed by atoms with Gasteiger partial charge in [-0.05, 0) is 270 Å². The van der Waals surface area contributed by atoms with Crippen molar-refractivity contribution in [3.05, 3.63) is 301 Å². The zero-order valence-corrected chi connectivity index (χ0v) is 70.6. The fourth-order valence-electron chi connectivity index (χ4n) is 16.5.